The third kappa shape index (κ3) is 8.05. The zero-order chi connectivity index (χ0) is 38.8. The molecule has 0 saturated carbocycles. The normalized spacial score (nSPS) is 24.8. The van der Waals surface area contributed by atoms with Crippen LogP contribution in [0.1, 0.15) is 44.2 Å². The summed E-state index contributed by atoms with van der Waals surface area (Å²) in [6.07, 6.45) is 0.0730. The van der Waals surface area contributed by atoms with E-state index in [9.17, 15) is 44.5 Å². The first-order chi connectivity index (χ1) is 25.7. The molecular weight excluding hydrogens is 724 g/mol. The molecule has 54 heavy (non-hydrogen) atoms. The number of nitrogens with zero attached hydrogens (tertiary/aromatic N) is 5. The van der Waals surface area contributed by atoms with Crippen LogP contribution in [-0.2, 0) is 37.1 Å². The first kappa shape index (κ1) is 38.6. The average Bonchev–Trinajstić information content (AvgIpc) is 3.63. The second-order valence-corrected chi connectivity index (χ2v) is 15.5. The Labute approximate surface area is 314 Å². The van der Waals surface area contributed by atoms with E-state index in [1.165, 1.54) is 65.2 Å². The number of fused-ring (bicyclic) bond motifs is 1. The summed E-state index contributed by atoms with van der Waals surface area (Å²) >= 11 is 1.46. The molecule has 3 saturated heterocycles. The number of nitrogens with one attached hydrogen (secondary N) is 1. The number of carbonyl (C=O) groups is 4. The Morgan fingerprint density at radius 3 is 2.06 bits per heavy atom. The molecule has 6 rings (SSSR count). The summed E-state index contributed by atoms with van der Waals surface area (Å²) in [4.78, 5) is 79.7. The molecule has 17 nitrogen and oxygen atoms in total. The number of esters is 1. The molecule has 2 N–H and O–H groups in total. The molecule has 2 aromatic rings. The van der Waals surface area contributed by atoms with E-state index < -0.39 is 46.0 Å². The zero-order valence-electron chi connectivity index (χ0n) is 30.0. The highest BCUT2D eigenvalue weighted by molar-refractivity contribution is 8.03. The van der Waals surface area contributed by atoms with Gasteiger partial charge in [0.15, 0.2) is 0 Å². The zero-order valence-corrected chi connectivity index (χ0v) is 30.8. The van der Waals surface area contributed by atoms with E-state index in [2.05, 4.69) is 5.32 Å². The molecule has 18 heteroatoms. The second-order valence-electron chi connectivity index (χ2n) is 14.1. The molecule has 0 aliphatic carbocycles. The van der Waals surface area contributed by atoms with Crippen molar-refractivity contribution in [3.8, 4) is 0 Å². The number of aliphatic hydroxyl groups excluding tert-OH is 1. The van der Waals surface area contributed by atoms with Crippen molar-refractivity contribution in [2.24, 2.45) is 11.8 Å². The molecule has 0 bridgehead atoms. The largest absolute Gasteiger partial charge is 0.456 e. The molecule has 0 unspecified atom stereocenters. The van der Waals surface area contributed by atoms with Crippen LogP contribution in [0.25, 0.3) is 0 Å². The summed E-state index contributed by atoms with van der Waals surface area (Å²) < 4.78 is 10.9. The summed E-state index contributed by atoms with van der Waals surface area (Å²) in [5.41, 5.74) is 1.15. The first-order valence-corrected chi connectivity index (χ1v) is 18.6. The van der Waals surface area contributed by atoms with Crippen LogP contribution in [-0.4, -0.2) is 110 Å². The molecule has 2 aromatic carbocycles. The number of likely N-dealkylation sites (tertiary alicyclic amines) is 2. The van der Waals surface area contributed by atoms with Gasteiger partial charge in [-0.3, -0.25) is 34.7 Å². The van der Waals surface area contributed by atoms with Gasteiger partial charge in [0, 0.05) is 66.0 Å². The number of non-ortho nitro benzene ring substituents is 2. The third-order valence-electron chi connectivity index (χ3n) is 10.6. The molecule has 3 fully saturated rings. The van der Waals surface area contributed by atoms with E-state index in [1.807, 2.05) is 18.9 Å². The number of rotatable bonds is 12. The molecule has 4 aliphatic heterocycles. The lowest BCUT2D eigenvalue weighted by atomic mass is 9.79. The Balaban J connectivity index is 1.04. The minimum atomic E-state index is -0.907. The Morgan fingerprint density at radius 1 is 0.963 bits per heavy atom. The van der Waals surface area contributed by atoms with Gasteiger partial charge in [0.05, 0.1) is 34.0 Å². The van der Waals surface area contributed by atoms with Crippen LogP contribution in [0, 0.1) is 32.1 Å². The van der Waals surface area contributed by atoms with Crippen molar-refractivity contribution < 1.29 is 43.6 Å². The Kier molecular flexibility index (Phi) is 11.5. The van der Waals surface area contributed by atoms with Gasteiger partial charge in [-0.05, 0) is 68.6 Å². The number of carbonyl (C=O) groups excluding carboxylic acids is 4. The van der Waals surface area contributed by atoms with E-state index in [0.717, 1.165) is 0 Å². The van der Waals surface area contributed by atoms with E-state index in [-0.39, 0.29) is 59.3 Å². The number of piperidine rings is 1. The van der Waals surface area contributed by atoms with Gasteiger partial charge in [0.1, 0.15) is 18.9 Å². The van der Waals surface area contributed by atoms with Crippen LogP contribution in [0.15, 0.2) is 59.1 Å². The molecule has 6 atom stereocenters. The van der Waals surface area contributed by atoms with Crippen LogP contribution < -0.4 is 5.32 Å². The number of nitro groups is 2. The quantitative estimate of drug-likeness (QED) is 0.137. The molecule has 288 valence electrons. The number of hydrogen-bond donors (Lipinski definition) is 2. The number of thioether (sulfide) groups is 1. The fraction of sp³-hybridized carbons (Fsp3) is 0.500. The van der Waals surface area contributed by atoms with Gasteiger partial charge in [-0.2, -0.15) is 0 Å². The molecule has 4 heterocycles. The molecular formula is C36H42N6O11S. The third-order valence-corrected chi connectivity index (χ3v) is 12.0. The minimum absolute atomic E-state index is 0.0239. The number of hydrogen-bond acceptors (Lipinski definition) is 13. The Bertz CT molecular complexity index is 1830. The van der Waals surface area contributed by atoms with Gasteiger partial charge in [-0.25, -0.2) is 9.59 Å². The maximum atomic E-state index is 13.8. The highest BCUT2D eigenvalue weighted by Gasteiger charge is 2.60. The monoisotopic (exact) mass is 766 g/mol. The predicted molar refractivity (Wildman–Crippen MR) is 193 cm³/mol. The number of nitro benzene ring substituents is 2. The van der Waals surface area contributed by atoms with Gasteiger partial charge in [0.25, 0.3) is 11.4 Å². The standard InChI is InChI=1S/C36H42N6O11S/c1-20-30-29(21(2)43)34(45)40(30)31(35(46)52-18-22-4-8-25(9-5-22)41(48)49)32(20)54-27-16-28(38(3)17-27)33(44)39-14-12-24(13-15-39)37-36(47)53-19-23-6-10-26(11-7-23)42(50)51/h4-11,20-21,24,27-30,43H,12-19H2,1-3H3,(H,37,47)/t20-,21-,27+,28+,29-,30-/m1/s1. The first-order valence-electron chi connectivity index (χ1n) is 17.7. The number of benzene rings is 2. The summed E-state index contributed by atoms with van der Waals surface area (Å²) in [5, 5.41) is 35.0. The van der Waals surface area contributed by atoms with Crippen molar-refractivity contribution in [1.82, 2.24) is 20.0 Å². The average molecular weight is 767 g/mol. The van der Waals surface area contributed by atoms with Gasteiger partial charge in [-0.1, -0.05) is 6.92 Å². The predicted octanol–water partition coefficient (Wildman–Crippen LogP) is 3.34. The van der Waals surface area contributed by atoms with E-state index in [1.54, 1.807) is 11.8 Å². The van der Waals surface area contributed by atoms with Crippen molar-refractivity contribution in [3.05, 3.63) is 90.5 Å². The fourth-order valence-corrected chi connectivity index (χ4v) is 9.23. The Hall–Kier alpha value is -5.07. The van der Waals surface area contributed by atoms with Gasteiger partial charge < -0.3 is 29.7 Å². The fourth-order valence-electron chi connectivity index (χ4n) is 7.63. The van der Waals surface area contributed by atoms with Gasteiger partial charge in [-0.15, -0.1) is 11.8 Å². The van der Waals surface area contributed by atoms with Crippen LogP contribution in [0.5, 0.6) is 0 Å². The maximum Gasteiger partial charge on any atom is 0.407 e. The number of alkyl carbamates (subject to hydrolysis) is 1. The number of ether oxygens (including phenoxy) is 2. The SMILES string of the molecule is C[C@@H](O)[C@H]1C(=O)N2C(C(=O)OCc3ccc([N+](=O)[O-])cc3)=C(S[C@H]3C[C@@H](C(=O)N4CCC(NC(=O)OCc5ccc([N+](=O)[O-])cc5)CC4)N(C)C3)[C@H](C)[C@H]12. The van der Waals surface area contributed by atoms with Crippen LogP contribution in [0.4, 0.5) is 16.2 Å². The number of aliphatic hydroxyl groups is 1. The maximum absolute atomic E-state index is 13.8. The lowest BCUT2D eigenvalue weighted by molar-refractivity contribution is -0.385. The molecule has 4 aliphatic rings. The topological polar surface area (TPSA) is 215 Å². The molecule has 0 aromatic heterocycles. The summed E-state index contributed by atoms with van der Waals surface area (Å²) in [5.74, 6) is -2.00. The van der Waals surface area contributed by atoms with Gasteiger partial charge in [0.2, 0.25) is 11.8 Å². The molecule has 0 radical (unpaired) electrons. The molecule has 3 amide bonds. The summed E-state index contributed by atoms with van der Waals surface area (Å²) in [6.45, 7) is 4.73. The minimum Gasteiger partial charge on any atom is -0.456 e. The van der Waals surface area contributed by atoms with Crippen LogP contribution in [0.2, 0.25) is 0 Å². The highest BCUT2D eigenvalue weighted by Crippen LogP contribution is 2.52. The number of likely N-dealkylation sites (N-methyl/N-ethyl adjacent to an activating group) is 1. The summed E-state index contributed by atoms with van der Waals surface area (Å²) in [7, 11) is 1.88. The smallest absolute Gasteiger partial charge is 0.407 e. The lowest BCUT2D eigenvalue weighted by Crippen LogP contribution is -2.63. The van der Waals surface area contributed by atoms with Crippen molar-refractivity contribution in [1.29, 1.82) is 0 Å². The number of β-lactam (4-membered cyclic amide) rings is 1. The van der Waals surface area contributed by atoms with Crippen molar-refractivity contribution in [2.45, 2.75) is 75.8 Å². The highest BCUT2D eigenvalue weighted by atomic mass is 32.2. The van der Waals surface area contributed by atoms with E-state index in [4.69, 9.17) is 9.47 Å². The molecule has 0 spiro atoms. The van der Waals surface area contributed by atoms with E-state index in [0.29, 0.717) is 54.9 Å². The lowest BCUT2D eigenvalue weighted by Gasteiger charge is -2.46. The van der Waals surface area contributed by atoms with Crippen LogP contribution in [0.3, 0.4) is 0 Å². The second kappa shape index (κ2) is 16.1. The summed E-state index contributed by atoms with van der Waals surface area (Å²) in [6, 6.07) is 10.4. The van der Waals surface area contributed by atoms with Crippen molar-refractivity contribution >= 4 is 47.0 Å². The number of amides is 3. The van der Waals surface area contributed by atoms with Gasteiger partial charge >= 0.3 is 12.1 Å². The van der Waals surface area contributed by atoms with E-state index >= 15 is 0 Å². The van der Waals surface area contributed by atoms with Crippen molar-refractivity contribution in [3.63, 3.8) is 0 Å². The van der Waals surface area contributed by atoms with Crippen molar-refractivity contribution in [2.75, 3.05) is 26.7 Å². The Morgan fingerprint density at radius 2 is 1.52 bits per heavy atom. The van der Waals surface area contributed by atoms with Crippen LogP contribution >= 0.6 is 11.8 Å².